The number of hydrogen-bond donors (Lipinski definition) is 0. The van der Waals surface area contributed by atoms with Crippen LogP contribution in [-0.2, 0) is 10.0 Å². The zero-order valence-electron chi connectivity index (χ0n) is 17.6. The zero-order chi connectivity index (χ0) is 21.8. The molecule has 0 radical (unpaired) electrons. The van der Waals surface area contributed by atoms with Crippen LogP contribution in [0.4, 0.5) is 4.39 Å². The Kier molecular flexibility index (Phi) is 6.74. The number of rotatable bonds is 6. The van der Waals surface area contributed by atoms with Gasteiger partial charge in [0.25, 0.3) is 0 Å². The first kappa shape index (κ1) is 22.0. The molecule has 3 heterocycles. The average molecular weight is 450 g/mol. The number of halogens is 1. The van der Waals surface area contributed by atoms with Gasteiger partial charge in [-0.15, -0.1) is 0 Å². The van der Waals surface area contributed by atoms with E-state index in [1.165, 1.54) is 23.5 Å². The van der Waals surface area contributed by atoms with Gasteiger partial charge in [0.05, 0.1) is 12.0 Å². The van der Waals surface area contributed by atoms with E-state index in [4.69, 9.17) is 9.47 Å². The van der Waals surface area contributed by atoms with Crippen molar-refractivity contribution in [2.45, 2.75) is 42.7 Å². The Labute approximate surface area is 182 Å². The highest BCUT2D eigenvalue weighted by Crippen LogP contribution is 2.28. The number of methoxy groups -OCH3 is 1. The minimum atomic E-state index is -3.71. The second-order valence-corrected chi connectivity index (χ2v) is 9.91. The third-order valence-electron chi connectivity index (χ3n) is 6.13. The molecule has 2 aliphatic heterocycles. The van der Waals surface area contributed by atoms with Crippen LogP contribution in [0.2, 0.25) is 0 Å². The van der Waals surface area contributed by atoms with Crippen molar-refractivity contribution >= 4 is 10.0 Å². The molecule has 0 amide bonds. The van der Waals surface area contributed by atoms with Crippen LogP contribution in [0.25, 0.3) is 0 Å². The van der Waals surface area contributed by atoms with E-state index < -0.39 is 15.8 Å². The molecule has 2 aliphatic rings. The quantitative estimate of drug-likeness (QED) is 0.675. The van der Waals surface area contributed by atoms with Crippen molar-refractivity contribution in [1.82, 2.24) is 14.2 Å². The van der Waals surface area contributed by atoms with Gasteiger partial charge >= 0.3 is 0 Å². The van der Waals surface area contributed by atoms with Gasteiger partial charge in [-0.1, -0.05) is 0 Å². The third kappa shape index (κ3) is 4.99. The fourth-order valence-electron chi connectivity index (χ4n) is 4.37. The first-order valence-electron chi connectivity index (χ1n) is 10.6. The standard InChI is InChI=1S/C22H28FN3O4S/c1-29-22-3-2-20(16-21(22)23)31(27,28)26-14-6-17(7-15-26)25-12-8-19(9-13-25)30-18-4-10-24-11-5-18/h2-5,10-11,16-17,19H,6-9,12-15H2,1H3. The van der Waals surface area contributed by atoms with Crippen LogP contribution in [0.3, 0.4) is 0 Å². The molecule has 0 spiro atoms. The number of aromatic nitrogens is 1. The Morgan fingerprint density at radius 3 is 2.29 bits per heavy atom. The first-order chi connectivity index (χ1) is 15.0. The molecule has 7 nitrogen and oxygen atoms in total. The topological polar surface area (TPSA) is 72.0 Å². The molecule has 4 rings (SSSR count). The van der Waals surface area contributed by atoms with Crippen LogP contribution >= 0.6 is 0 Å². The summed E-state index contributed by atoms with van der Waals surface area (Å²) in [5.41, 5.74) is 0. The van der Waals surface area contributed by atoms with E-state index in [-0.39, 0.29) is 16.7 Å². The van der Waals surface area contributed by atoms with E-state index in [1.807, 2.05) is 12.1 Å². The van der Waals surface area contributed by atoms with Gasteiger partial charge in [0.2, 0.25) is 10.0 Å². The predicted octanol–water partition coefficient (Wildman–Crippen LogP) is 2.93. The minimum Gasteiger partial charge on any atom is -0.494 e. The van der Waals surface area contributed by atoms with Gasteiger partial charge in [-0.25, -0.2) is 12.8 Å². The molecular formula is C22H28FN3O4S. The number of likely N-dealkylation sites (tertiary alicyclic amines) is 1. The molecule has 0 atom stereocenters. The van der Waals surface area contributed by atoms with E-state index in [1.54, 1.807) is 12.4 Å². The Balaban J connectivity index is 1.29. The second-order valence-electron chi connectivity index (χ2n) is 7.97. The molecule has 0 aliphatic carbocycles. The predicted molar refractivity (Wildman–Crippen MR) is 114 cm³/mol. The summed E-state index contributed by atoms with van der Waals surface area (Å²) in [6.45, 7) is 2.76. The van der Waals surface area contributed by atoms with Crippen molar-refractivity contribution in [2.24, 2.45) is 0 Å². The molecular weight excluding hydrogens is 421 g/mol. The number of ether oxygens (including phenoxy) is 2. The highest BCUT2D eigenvalue weighted by Gasteiger charge is 2.33. The second kappa shape index (κ2) is 9.50. The first-order valence-corrected chi connectivity index (χ1v) is 12.1. The lowest BCUT2D eigenvalue weighted by atomic mass is 10.00. The van der Waals surface area contributed by atoms with E-state index >= 15 is 0 Å². The van der Waals surface area contributed by atoms with Crippen molar-refractivity contribution in [1.29, 1.82) is 0 Å². The van der Waals surface area contributed by atoms with Gasteiger partial charge in [0.1, 0.15) is 11.9 Å². The van der Waals surface area contributed by atoms with Crippen molar-refractivity contribution in [2.75, 3.05) is 33.3 Å². The lowest BCUT2D eigenvalue weighted by Crippen LogP contribution is -2.50. The summed E-state index contributed by atoms with van der Waals surface area (Å²) in [6.07, 6.45) is 7.10. The van der Waals surface area contributed by atoms with Crippen molar-refractivity contribution in [3.8, 4) is 11.5 Å². The maximum absolute atomic E-state index is 14.0. The highest BCUT2D eigenvalue weighted by molar-refractivity contribution is 7.89. The summed E-state index contributed by atoms with van der Waals surface area (Å²) in [6, 6.07) is 7.90. The van der Waals surface area contributed by atoms with E-state index in [9.17, 15) is 12.8 Å². The Hall–Kier alpha value is -2.23. The van der Waals surface area contributed by atoms with Gasteiger partial charge in [-0.3, -0.25) is 4.98 Å². The summed E-state index contributed by atoms with van der Waals surface area (Å²) >= 11 is 0. The smallest absolute Gasteiger partial charge is 0.243 e. The minimum absolute atomic E-state index is 0.0293. The monoisotopic (exact) mass is 449 g/mol. The van der Waals surface area contributed by atoms with E-state index in [0.717, 1.165) is 50.6 Å². The lowest BCUT2D eigenvalue weighted by Gasteiger charge is -2.41. The highest BCUT2D eigenvalue weighted by atomic mass is 32.2. The van der Waals surface area contributed by atoms with E-state index in [2.05, 4.69) is 9.88 Å². The van der Waals surface area contributed by atoms with Crippen LogP contribution in [0.1, 0.15) is 25.7 Å². The summed E-state index contributed by atoms with van der Waals surface area (Å²) in [4.78, 5) is 6.43. The van der Waals surface area contributed by atoms with Crippen molar-refractivity contribution in [3.05, 3.63) is 48.5 Å². The number of sulfonamides is 1. The van der Waals surface area contributed by atoms with Gasteiger partial charge in [-0.05, 0) is 56.0 Å². The number of hydrogen-bond acceptors (Lipinski definition) is 6. The normalized spacial score (nSPS) is 19.9. The zero-order valence-corrected chi connectivity index (χ0v) is 18.4. The molecule has 2 fully saturated rings. The lowest BCUT2D eigenvalue weighted by molar-refractivity contribution is 0.0585. The van der Waals surface area contributed by atoms with Crippen LogP contribution in [0.15, 0.2) is 47.6 Å². The largest absolute Gasteiger partial charge is 0.494 e. The average Bonchev–Trinajstić information content (AvgIpc) is 2.80. The number of piperidine rings is 2. The molecule has 9 heteroatoms. The molecule has 0 unspecified atom stereocenters. The van der Waals surface area contributed by atoms with Crippen LogP contribution in [-0.4, -0.2) is 68.0 Å². The molecule has 0 N–H and O–H groups in total. The van der Waals surface area contributed by atoms with Crippen LogP contribution in [0.5, 0.6) is 11.5 Å². The molecule has 1 aromatic heterocycles. The summed E-state index contributed by atoms with van der Waals surface area (Å²) in [7, 11) is -2.36. The third-order valence-corrected chi connectivity index (χ3v) is 8.02. The van der Waals surface area contributed by atoms with Gasteiger partial charge in [0, 0.05) is 44.6 Å². The van der Waals surface area contributed by atoms with Crippen molar-refractivity contribution < 1.29 is 22.3 Å². The molecule has 31 heavy (non-hydrogen) atoms. The molecule has 1 aromatic carbocycles. The van der Waals surface area contributed by atoms with Crippen molar-refractivity contribution in [3.63, 3.8) is 0 Å². The number of benzene rings is 1. The van der Waals surface area contributed by atoms with Gasteiger partial charge in [0.15, 0.2) is 11.6 Å². The van der Waals surface area contributed by atoms with Gasteiger partial charge in [-0.2, -0.15) is 4.31 Å². The maximum atomic E-state index is 14.0. The van der Waals surface area contributed by atoms with Gasteiger partial charge < -0.3 is 14.4 Å². The molecule has 168 valence electrons. The Bertz CT molecular complexity index is 974. The Morgan fingerprint density at radius 2 is 1.68 bits per heavy atom. The number of nitrogens with zero attached hydrogens (tertiary/aromatic N) is 3. The molecule has 2 saturated heterocycles. The fraction of sp³-hybridized carbons (Fsp3) is 0.500. The molecule has 2 aromatic rings. The maximum Gasteiger partial charge on any atom is 0.243 e. The molecule has 0 bridgehead atoms. The fourth-order valence-corrected chi connectivity index (χ4v) is 5.85. The summed E-state index contributed by atoms with van der Waals surface area (Å²) < 4.78 is 52.2. The van der Waals surface area contributed by atoms with Crippen LogP contribution in [0, 0.1) is 5.82 Å². The SMILES string of the molecule is COc1ccc(S(=O)(=O)N2CCC(N3CCC(Oc4ccncc4)CC3)CC2)cc1F. The number of pyridine rings is 1. The summed E-state index contributed by atoms with van der Waals surface area (Å²) in [5, 5.41) is 0. The molecule has 0 saturated carbocycles. The summed E-state index contributed by atoms with van der Waals surface area (Å²) in [5.74, 6) is 0.214. The van der Waals surface area contributed by atoms with E-state index in [0.29, 0.717) is 19.1 Å². The Morgan fingerprint density at radius 1 is 1.00 bits per heavy atom. The van der Waals surface area contributed by atoms with Crippen LogP contribution < -0.4 is 9.47 Å².